The van der Waals surface area contributed by atoms with E-state index in [1.54, 1.807) is 68.6 Å². The molecule has 0 radical (unpaired) electrons. The van der Waals surface area contributed by atoms with E-state index in [1.165, 1.54) is 24.3 Å². The molecule has 84 heavy (non-hydrogen) atoms. The standard InChI is InChI=1S/C53H63N3O23S5/c1-34(9-15-45-52(2,3)50-39-30-35(81(63,64)65)32-43(83(69,70)71)37(39)11-13-41(50)54(45)20-6-8-49(59)79-56-47(57)17-18-48(56)58)10-16-46-53(4,19-7-29-80(60,61)62)51-40-31-36(82(66,67)68)33-44(84(72,73)74)38(40)12-14-42(51)55(46)21-22-76-25-26-78-28-27-77-24-23-75-5/h9-18,30-33H,6-8,19-29H2,1-5H3,(H6-,57,58,60,61,62,63,64,65,66,67,68,69,70,71,72,73,74)/p+1. The molecule has 31 heteroatoms. The Balaban J connectivity index is 1.35. The second kappa shape index (κ2) is 25.4. The minimum Gasteiger partial charge on any atom is -0.492 e. The van der Waals surface area contributed by atoms with Gasteiger partial charge in [-0.15, -0.1) is 4.73 Å². The highest BCUT2D eigenvalue weighted by Gasteiger charge is 2.47. The lowest BCUT2D eigenvalue weighted by molar-refractivity contribution is -0.438. The largest absolute Gasteiger partial charge is 0.492 e. The Kier molecular flexibility index (Phi) is 19.8. The highest BCUT2D eigenvalue weighted by Crippen LogP contribution is 2.54. The Hall–Kier alpha value is -6.17. The summed E-state index contributed by atoms with van der Waals surface area (Å²) in [5, 5.41) is 19.8. The quantitative estimate of drug-likeness (QED) is 0.0140. The molecule has 7 N–H and O–H groups in total. The summed E-state index contributed by atoms with van der Waals surface area (Å²) in [7, 11) is -23.5. The third-order valence-electron chi connectivity index (χ3n) is 14.3. The molecule has 3 heterocycles. The van der Waals surface area contributed by atoms with E-state index in [2.05, 4.69) is 0 Å². The molecule has 1 aromatic heterocycles. The van der Waals surface area contributed by atoms with E-state index < -0.39 is 104 Å². The van der Waals surface area contributed by atoms with Crippen LogP contribution in [0.25, 0.3) is 21.5 Å². The van der Waals surface area contributed by atoms with Crippen LogP contribution in [0.2, 0.25) is 0 Å². The van der Waals surface area contributed by atoms with Crippen LogP contribution in [0.5, 0.6) is 11.8 Å². The van der Waals surface area contributed by atoms with E-state index in [-0.39, 0.29) is 92.3 Å². The molecule has 1 unspecified atom stereocenters. The van der Waals surface area contributed by atoms with Gasteiger partial charge in [0.15, 0.2) is 5.71 Å². The molecule has 2 aliphatic rings. The number of hydrogen-bond acceptors (Lipinski definition) is 19. The van der Waals surface area contributed by atoms with E-state index >= 15 is 0 Å². The average Bonchev–Trinajstić information content (AvgIpc) is 1.85. The lowest BCUT2D eigenvalue weighted by Crippen LogP contribution is -2.31. The van der Waals surface area contributed by atoms with Crippen LogP contribution >= 0.6 is 0 Å². The van der Waals surface area contributed by atoms with Crippen molar-refractivity contribution < 1.29 is 108 Å². The number of anilines is 1. The number of carbonyl (C=O) groups is 1. The summed E-state index contributed by atoms with van der Waals surface area (Å²) in [6, 6.07) is 11.3. The van der Waals surface area contributed by atoms with Gasteiger partial charge in [-0.25, -0.2) is 4.79 Å². The van der Waals surface area contributed by atoms with Gasteiger partial charge in [-0.05, 0) is 99.3 Å². The zero-order valence-electron chi connectivity index (χ0n) is 46.0. The lowest BCUT2D eigenvalue weighted by atomic mass is 9.75. The third kappa shape index (κ3) is 14.7. The van der Waals surface area contributed by atoms with Crippen molar-refractivity contribution in [2.75, 3.05) is 77.1 Å². The van der Waals surface area contributed by atoms with Gasteiger partial charge >= 0.3 is 5.97 Å². The zero-order valence-corrected chi connectivity index (χ0v) is 50.1. The molecule has 26 nitrogen and oxygen atoms in total. The van der Waals surface area contributed by atoms with Crippen LogP contribution in [0.15, 0.2) is 116 Å². The first kappa shape index (κ1) is 65.4. The van der Waals surface area contributed by atoms with Crippen LogP contribution in [-0.4, -0.2) is 168 Å². The summed E-state index contributed by atoms with van der Waals surface area (Å²) < 4.78 is 202. The zero-order chi connectivity index (χ0) is 62.0. The van der Waals surface area contributed by atoms with E-state index in [4.69, 9.17) is 23.8 Å². The molecule has 0 fully saturated rings. The second-order valence-corrected chi connectivity index (χ2v) is 27.6. The predicted molar refractivity (Wildman–Crippen MR) is 304 cm³/mol. The Morgan fingerprint density at radius 1 is 0.643 bits per heavy atom. The van der Waals surface area contributed by atoms with Crippen LogP contribution in [0.1, 0.15) is 64.5 Å². The number of rotatable bonds is 28. The number of fused-ring (bicyclic) bond motifs is 6. The van der Waals surface area contributed by atoms with Crippen LogP contribution in [-0.2, 0) is 85.2 Å². The number of carbonyl (C=O) groups excluding carboxylic acids is 1. The molecular weight excluding hydrogens is 1210 g/mol. The highest BCUT2D eigenvalue weighted by atomic mass is 32.2. The van der Waals surface area contributed by atoms with Crippen molar-refractivity contribution >= 4 is 95.2 Å². The van der Waals surface area contributed by atoms with Gasteiger partial charge in [0.05, 0.1) is 73.6 Å². The Morgan fingerprint density at radius 2 is 1.17 bits per heavy atom. The monoisotopic (exact) mass is 1270 g/mol. The Bertz CT molecular complexity index is 4090. The first-order chi connectivity index (χ1) is 39.1. The summed E-state index contributed by atoms with van der Waals surface area (Å²) in [6.07, 6.45) is 6.24. The van der Waals surface area contributed by atoms with Gasteiger partial charge < -0.3 is 38.9 Å². The van der Waals surface area contributed by atoms with Crippen molar-refractivity contribution in [3.63, 3.8) is 0 Å². The van der Waals surface area contributed by atoms with Crippen molar-refractivity contribution in [1.82, 2.24) is 4.73 Å². The van der Waals surface area contributed by atoms with E-state index in [0.717, 1.165) is 24.3 Å². The number of ether oxygens (including phenoxy) is 4. The molecule has 7 rings (SSSR count). The predicted octanol–water partition coefficient (Wildman–Crippen LogP) is 5.53. The molecule has 5 aromatic rings. The maximum absolute atomic E-state index is 13.0. The van der Waals surface area contributed by atoms with Crippen molar-refractivity contribution in [1.29, 1.82) is 0 Å². The number of hydrogen-bond donors (Lipinski definition) is 7. The summed E-state index contributed by atoms with van der Waals surface area (Å²) >= 11 is 0. The highest BCUT2D eigenvalue weighted by molar-refractivity contribution is 7.87. The third-order valence-corrected chi connectivity index (χ3v) is 18.5. The fourth-order valence-electron chi connectivity index (χ4n) is 10.5. The van der Waals surface area contributed by atoms with Gasteiger partial charge in [0.2, 0.25) is 17.4 Å². The fourth-order valence-corrected chi connectivity index (χ4v) is 13.7. The maximum Gasteiger partial charge on any atom is 0.333 e. The maximum atomic E-state index is 13.0. The van der Waals surface area contributed by atoms with Gasteiger partial charge in [0.25, 0.3) is 50.6 Å². The van der Waals surface area contributed by atoms with Crippen LogP contribution in [0.4, 0.5) is 11.4 Å². The molecule has 0 spiro atoms. The van der Waals surface area contributed by atoms with Crippen LogP contribution in [0.3, 0.4) is 0 Å². The van der Waals surface area contributed by atoms with Gasteiger partial charge in [0, 0.05) is 77.5 Å². The topological polar surface area (TPSA) is 387 Å². The lowest BCUT2D eigenvalue weighted by Gasteiger charge is -2.31. The summed E-state index contributed by atoms with van der Waals surface area (Å²) in [6.45, 7) is 8.69. The molecule has 458 valence electrons. The minimum atomic E-state index is -5.17. The SMILES string of the molecule is COCCOCCOCCOCCN1C(=CC=C(C)C=CC2=[N+](CCCC(=O)On3c(O)ccc3O)c3ccc4c(S(=O)(=O)O)cc(S(=O)(=O)O)cc4c3C2(C)C)C(C)(CCCS(=O)(=O)O)c2c1ccc1c(S(=O)(=O)O)cc(S(=O)(=O)O)cc21. The normalized spacial score (nSPS) is 17.3. The van der Waals surface area contributed by atoms with E-state index in [1.807, 2.05) is 0 Å². The molecule has 0 aliphatic carbocycles. The number of aromatic nitrogens is 1. The fraction of sp³-hybridized carbons (Fsp3) is 0.396. The molecule has 0 saturated heterocycles. The number of aromatic hydroxyl groups is 2. The molecule has 2 aliphatic heterocycles. The summed E-state index contributed by atoms with van der Waals surface area (Å²) in [5.41, 5.74) is 0.269. The molecule has 0 bridgehead atoms. The molecule has 0 saturated carbocycles. The smallest absolute Gasteiger partial charge is 0.333 e. The average molecular weight is 1270 g/mol. The number of nitrogens with zero attached hydrogens (tertiary/aromatic N) is 3. The molecule has 4 aromatic carbocycles. The first-order valence-corrected chi connectivity index (χ1v) is 33.1. The van der Waals surface area contributed by atoms with Gasteiger partial charge in [-0.3, -0.25) is 22.8 Å². The van der Waals surface area contributed by atoms with Crippen molar-refractivity contribution in [2.45, 2.75) is 83.8 Å². The van der Waals surface area contributed by atoms with Gasteiger partial charge in [0.1, 0.15) is 16.3 Å². The van der Waals surface area contributed by atoms with Crippen LogP contribution in [0, 0.1) is 0 Å². The Labute approximate surface area is 485 Å². The Morgan fingerprint density at radius 3 is 1.69 bits per heavy atom. The van der Waals surface area contributed by atoms with Gasteiger partial charge in [-0.2, -0.15) is 46.7 Å². The van der Waals surface area contributed by atoms with Crippen LogP contribution < -0.4 is 9.74 Å². The number of allylic oxidation sites excluding steroid dienone is 6. The number of methoxy groups -OCH3 is 1. The molecule has 0 amide bonds. The molecule has 1 atom stereocenters. The second-order valence-electron chi connectivity index (χ2n) is 20.4. The summed E-state index contributed by atoms with van der Waals surface area (Å²) in [5.74, 6) is -2.69. The molecular formula is C53H64N3O23S5+. The van der Waals surface area contributed by atoms with Crippen molar-refractivity contribution in [3.05, 3.63) is 107 Å². The summed E-state index contributed by atoms with van der Waals surface area (Å²) in [4.78, 5) is 16.6. The first-order valence-electron chi connectivity index (χ1n) is 25.7. The minimum absolute atomic E-state index is 0.0255. The van der Waals surface area contributed by atoms with E-state index in [9.17, 15) is 79.9 Å². The van der Waals surface area contributed by atoms with Crippen molar-refractivity contribution in [2.24, 2.45) is 0 Å². The van der Waals surface area contributed by atoms with Gasteiger partial charge in [-0.1, -0.05) is 23.8 Å². The number of benzene rings is 4. The van der Waals surface area contributed by atoms with E-state index in [0.29, 0.717) is 70.6 Å². The van der Waals surface area contributed by atoms with Crippen molar-refractivity contribution in [3.8, 4) is 11.8 Å².